The summed E-state index contributed by atoms with van der Waals surface area (Å²) in [5.41, 5.74) is 2.53. The molecule has 0 bridgehead atoms. The summed E-state index contributed by atoms with van der Waals surface area (Å²) >= 11 is 0. The van der Waals surface area contributed by atoms with Gasteiger partial charge in [-0.2, -0.15) is 0 Å². The molecule has 0 unspecified atom stereocenters. The van der Waals surface area contributed by atoms with E-state index < -0.39 is 0 Å². The standard InChI is InChI=1S/C13H17N3O2.ClH/c1-14-6-2-3-12(17)15-10-4-5-11-9(7-10)8-13(18)16-11;/h4-5,7,14H,2-3,6,8H2,1H3,(H,15,17)(H,16,18);1H. The average Bonchev–Trinajstić information content (AvgIpc) is 2.69. The third-order valence-corrected chi connectivity index (χ3v) is 2.84. The van der Waals surface area contributed by atoms with Gasteiger partial charge in [0.1, 0.15) is 0 Å². The van der Waals surface area contributed by atoms with Gasteiger partial charge in [-0.3, -0.25) is 9.59 Å². The molecule has 2 amide bonds. The van der Waals surface area contributed by atoms with Crippen molar-refractivity contribution in [2.24, 2.45) is 0 Å². The molecule has 5 nitrogen and oxygen atoms in total. The molecule has 0 fully saturated rings. The number of hydrogen-bond donors (Lipinski definition) is 3. The Morgan fingerprint density at radius 2 is 2.21 bits per heavy atom. The van der Waals surface area contributed by atoms with Gasteiger partial charge in [-0.15, -0.1) is 12.4 Å². The number of amides is 2. The number of halogens is 1. The van der Waals surface area contributed by atoms with Crippen LogP contribution in [0.3, 0.4) is 0 Å². The Kier molecular flexibility index (Phi) is 5.79. The number of anilines is 2. The molecule has 19 heavy (non-hydrogen) atoms. The van der Waals surface area contributed by atoms with Crippen LogP contribution in [-0.2, 0) is 16.0 Å². The largest absolute Gasteiger partial charge is 0.326 e. The van der Waals surface area contributed by atoms with E-state index in [1.165, 1.54) is 0 Å². The van der Waals surface area contributed by atoms with E-state index in [4.69, 9.17) is 0 Å². The highest BCUT2D eigenvalue weighted by Crippen LogP contribution is 2.25. The van der Waals surface area contributed by atoms with E-state index in [1.807, 2.05) is 19.2 Å². The van der Waals surface area contributed by atoms with Crippen LogP contribution in [0.4, 0.5) is 11.4 Å². The van der Waals surface area contributed by atoms with Crippen LogP contribution in [0.1, 0.15) is 18.4 Å². The Balaban J connectivity index is 0.00000180. The molecule has 0 radical (unpaired) electrons. The van der Waals surface area contributed by atoms with E-state index in [9.17, 15) is 9.59 Å². The van der Waals surface area contributed by atoms with Crippen molar-refractivity contribution in [3.05, 3.63) is 23.8 Å². The molecule has 1 heterocycles. The summed E-state index contributed by atoms with van der Waals surface area (Å²) < 4.78 is 0. The van der Waals surface area contributed by atoms with E-state index in [0.717, 1.165) is 29.9 Å². The molecular formula is C13H18ClN3O2. The van der Waals surface area contributed by atoms with Crippen LogP contribution in [0.5, 0.6) is 0 Å². The van der Waals surface area contributed by atoms with E-state index in [2.05, 4.69) is 16.0 Å². The van der Waals surface area contributed by atoms with Crippen molar-refractivity contribution in [1.29, 1.82) is 0 Å². The predicted molar refractivity (Wildman–Crippen MR) is 77.8 cm³/mol. The number of benzene rings is 1. The summed E-state index contributed by atoms with van der Waals surface area (Å²) in [6.45, 7) is 0.829. The Morgan fingerprint density at radius 1 is 1.42 bits per heavy atom. The van der Waals surface area contributed by atoms with Crippen molar-refractivity contribution in [1.82, 2.24) is 5.32 Å². The van der Waals surface area contributed by atoms with Crippen LogP contribution < -0.4 is 16.0 Å². The summed E-state index contributed by atoms with van der Waals surface area (Å²) in [6, 6.07) is 5.48. The van der Waals surface area contributed by atoms with Gasteiger partial charge in [-0.05, 0) is 43.8 Å². The summed E-state index contributed by atoms with van der Waals surface area (Å²) in [6.07, 6.45) is 1.70. The molecule has 1 aromatic rings. The first kappa shape index (κ1) is 15.5. The topological polar surface area (TPSA) is 70.2 Å². The first-order valence-corrected chi connectivity index (χ1v) is 6.06. The molecule has 1 aliphatic rings. The fourth-order valence-corrected chi connectivity index (χ4v) is 1.96. The van der Waals surface area contributed by atoms with E-state index in [1.54, 1.807) is 6.07 Å². The number of hydrogen-bond acceptors (Lipinski definition) is 3. The fourth-order valence-electron chi connectivity index (χ4n) is 1.96. The van der Waals surface area contributed by atoms with Crippen molar-refractivity contribution in [3.8, 4) is 0 Å². The molecule has 104 valence electrons. The van der Waals surface area contributed by atoms with Gasteiger partial charge in [0.2, 0.25) is 11.8 Å². The average molecular weight is 284 g/mol. The second kappa shape index (κ2) is 7.11. The summed E-state index contributed by atoms with van der Waals surface area (Å²) in [4.78, 5) is 22.8. The van der Waals surface area contributed by atoms with Crippen LogP contribution in [0.15, 0.2) is 18.2 Å². The molecule has 0 aliphatic carbocycles. The van der Waals surface area contributed by atoms with Gasteiger partial charge in [-0.1, -0.05) is 0 Å². The lowest BCUT2D eigenvalue weighted by Crippen LogP contribution is -2.15. The summed E-state index contributed by atoms with van der Waals surface area (Å²) in [7, 11) is 1.86. The Morgan fingerprint density at radius 3 is 2.95 bits per heavy atom. The normalized spacial score (nSPS) is 12.4. The molecule has 1 aliphatic heterocycles. The van der Waals surface area contributed by atoms with Crippen molar-refractivity contribution in [2.75, 3.05) is 24.2 Å². The van der Waals surface area contributed by atoms with Crippen LogP contribution in [0.25, 0.3) is 0 Å². The second-order valence-electron chi connectivity index (χ2n) is 4.35. The van der Waals surface area contributed by atoms with Crippen molar-refractivity contribution in [3.63, 3.8) is 0 Å². The maximum absolute atomic E-state index is 11.6. The molecular weight excluding hydrogens is 266 g/mol. The lowest BCUT2D eigenvalue weighted by Gasteiger charge is -2.06. The first-order valence-electron chi connectivity index (χ1n) is 6.06. The molecule has 0 aromatic heterocycles. The number of fused-ring (bicyclic) bond motifs is 1. The minimum atomic E-state index is 0. The molecule has 3 N–H and O–H groups in total. The van der Waals surface area contributed by atoms with E-state index in [-0.39, 0.29) is 24.2 Å². The number of nitrogens with one attached hydrogen (secondary N) is 3. The Labute approximate surface area is 118 Å². The SMILES string of the molecule is CNCCCC(=O)Nc1ccc2c(c1)CC(=O)N2.Cl. The quantitative estimate of drug-likeness (QED) is 0.718. The lowest BCUT2D eigenvalue weighted by molar-refractivity contribution is -0.116. The predicted octanol–water partition coefficient (Wildman–Crippen LogP) is 1.54. The molecule has 0 saturated carbocycles. The Bertz CT molecular complexity index is 477. The minimum absolute atomic E-state index is 0. The highest BCUT2D eigenvalue weighted by molar-refractivity contribution is 6.00. The molecule has 0 spiro atoms. The number of carbonyl (C=O) groups excluding carboxylic acids is 2. The number of carbonyl (C=O) groups is 2. The Hall–Kier alpha value is -1.59. The van der Waals surface area contributed by atoms with Gasteiger partial charge in [0, 0.05) is 17.8 Å². The van der Waals surface area contributed by atoms with E-state index in [0.29, 0.717) is 12.8 Å². The molecule has 1 aromatic carbocycles. The molecule has 0 atom stereocenters. The highest BCUT2D eigenvalue weighted by atomic mass is 35.5. The van der Waals surface area contributed by atoms with Crippen molar-refractivity contribution < 1.29 is 9.59 Å². The van der Waals surface area contributed by atoms with Gasteiger partial charge in [-0.25, -0.2) is 0 Å². The molecule has 2 rings (SSSR count). The highest BCUT2D eigenvalue weighted by Gasteiger charge is 2.17. The van der Waals surface area contributed by atoms with Crippen LogP contribution >= 0.6 is 12.4 Å². The monoisotopic (exact) mass is 283 g/mol. The minimum Gasteiger partial charge on any atom is -0.326 e. The fraction of sp³-hybridized carbons (Fsp3) is 0.385. The summed E-state index contributed by atoms with van der Waals surface area (Å²) in [5, 5.41) is 8.60. The van der Waals surface area contributed by atoms with Gasteiger partial charge >= 0.3 is 0 Å². The van der Waals surface area contributed by atoms with Gasteiger partial charge < -0.3 is 16.0 Å². The maximum Gasteiger partial charge on any atom is 0.228 e. The molecule has 6 heteroatoms. The van der Waals surface area contributed by atoms with Crippen LogP contribution in [-0.4, -0.2) is 25.4 Å². The van der Waals surface area contributed by atoms with Gasteiger partial charge in [0.15, 0.2) is 0 Å². The maximum atomic E-state index is 11.6. The van der Waals surface area contributed by atoms with Crippen LogP contribution in [0, 0.1) is 0 Å². The van der Waals surface area contributed by atoms with Crippen molar-refractivity contribution >= 4 is 35.6 Å². The van der Waals surface area contributed by atoms with E-state index >= 15 is 0 Å². The summed E-state index contributed by atoms with van der Waals surface area (Å²) in [5.74, 6) is 0.00461. The zero-order valence-electron chi connectivity index (χ0n) is 10.8. The third-order valence-electron chi connectivity index (χ3n) is 2.84. The van der Waals surface area contributed by atoms with Crippen LogP contribution in [0.2, 0.25) is 0 Å². The zero-order chi connectivity index (χ0) is 13.0. The van der Waals surface area contributed by atoms with Crippen molar-refractivity contribution in [2.45, 2.75) is 19.3 Å². The van der Waals surface area contributed by atoms with Gasteiger partial charge in [0.25, 0.3) is 0 Å². The first-order chi connectivity index (χ1) is 8.69. The van der Waals surface area contributed by atoms with Gasteiger partial charge in [0.05, 0.1) is 6.42 Å². The zero-order valence-corrected chi connectivity index (χ0v) is 11.6. The lowest BCUT2D eigenvalue weighted by atomic mass is 10.1. The smallest absolute Gasteiger partial charge is 0.228 e. The number of rotatable bonds is 5. The second-order valence-corrected chi connectivity index (χ2v) is 4.35. The third kappa shape index (κ3) is 4.22. The molecule has 0 saturated heterocycles.